The maximum atomic E-state index is 11.8. The van der Waals surface area contributed by atoms with Gasteiger partial charge in [0.05, 0.1) is 7.11 Å². The number of benzene rings is 1. The molecule has 0 spiro atoms. The summed E-state index contributed by atoms with van der Waals surface area (Å²) in [6.07, 6.45) is 1.15. The van der Waals surface area contributed by atoms with Crippen molar-refractivity contribution in [1.82, 2.24) is 0 Å². The first-order chi connectivity index (χ1) is 9.75. The number of esters is 2. The number of hydrogen-bond donors (Lipinski definition) is 1. The van der Waals surface area contributed by atoms with E-state index < -0.39 is 17.7 Å². The van der Waals surface area contributed by atoms with E-state index in [2.05, 4.69) is 0 Å². The Balaban J connectivity index is 2.43. The van der Waals surface area contributed by atoms with E-state index in [9.17, 15) is 14.7 Å². The van der Waals surface area contributed by atoms with Crippen LogP contribution in [0, 0.1) is 0 Å². The molecule has 7 heteroatoms. The Labute approximate surface area is 125 Å². The number of hydrogen-bond acceptors (Lipinski definition) is 6. The molecule has 0 amide bonds. The highest BCUT2D eigenvalue weighted by Crippen LogP contribution is 2.37. The Morgan fingerprint density at radius 2 is 1.81 bits per heavy atom. The van der Waals surface area contributed by atoms with Gasteiger partial charge < -0.3 is 19.3 Å². The molecular formula is C14H13ClO6. The molecule has 6 nitrogen and oxygen atoms in total. The van der Waals surface area contributed by atoms with Crippen LogP contribution in [0.1, 0.15) is 19.4 Å². The largest absolute Gasteiger partial charge is 0.506 e. The first-order valence-electron chi connectivity index (χ1n) is 5.99. The minimum Gasteiger partial charge on any atom is -0.506 e. The molecule has 21 heavy (non-hydrogen) atoms. The number of carbonyl (C=O) groups is 2. The predicted octanol–water partition coefficient (Wildman–Crippen LogP) is 2.27. The number of carbonyl (C=O) groups excluding carboxylic acids is 2. The lowest BCUT2D eigenvalue weighted by Gasteiger charge is -2.29. The number of rotatable bonds is 2. The fourth-order valence-electron chi connectivity index (χ4n) is 1.77. The minimum atomic E-state index is -1.31. The molecule has 0 unspecified atom stereocenters. The third kappa shape index (κ3) is 2.95. The van der Waals surface area contributed by atoms with Gasteiger partial charge in [0.2, 0.25) is 0 Å². The zero-order valence-electron chi connectivity index (χ0n) is 11.6. The fourth-order valence-corrected chi connectivity index (χ4v) is 2.02. The lowest BCUT2D eigenvalue weighted by Crippen LogP contribution is -2.41. The quantitative estimate of drug-likeness (QED) is 0.512. The lowest BCUT2D eigenvalue weighted by molar-refractivity contribution is -0.222. The van der Waals surface area contributed by atoms with Gasteiger partial charge in [0, 0.05) is 19.4 Å². The van der Waals surface area contributed by atoms with Crippen LogP contribution in [0.2, 0.25) is 5.02 Å². The number of ether oxygens (including phenoxy) is 3. The third-order valence-corrected chi connectivity index (χ3v) is 3.11. The van der Waals surface area contributed by atoms with Gasteiger partial charge in [0.25, 0.3) is 5.79 Å². The number of methoxy groups -OCH3 is 1. The van der Waals surface area contributed by atoms with Crippen LogP contribution in [0.25, 0.3) is 6.08 Å². The van der Waals surface area contributed by atoms with Crippen molar-refractivity contribution in [2.75, 3.05) is 7.11 Å². The SMILES string of the molecule is COc1ccc(C=C2C(=O)OC(C)(C)OC2=O)c(O)c1Cl. The van der Waals surface area contributed by atoms with Crippen LogP contribution in [0.5, 0.6) is 11.5 Å². The summed E-state index contributed by atoms with van der Waals surface area (Å²) in [5.74, 6) is -3.02. The van der Waals surface area contributed by atoms with Gasteiger partial charge in [-0.3, -0.25) is 0 Å². The summed E-state index contributed by atoms with van der Waals surface area (Å²) in [7, 11) is 1.40. The average molecular weight is 313 g/mol. The van der Waals surface area contributed by atoms with Gasteiger partial charge in [0.1, 0.15) is 22.1 Å². The monoisotopic (exact) mass is 312 g/mol. The second kappa shape index (κ2) is 5.29. The Bertz CT molecular complexity index is 625. The van der Waals surface area contributed by atoms with Gasteiger partial charge in [-0.25, -0.2) is 9.59 Å². The zero-order chi connectivity index (χ0) is 15.8. The average Bonchev–Trinajstić information content (AvgIpc) is 2.37. The van der Waals surface area contributed by atoms with Crippen molar-refractivity contribution >= 4 is 29.6 Å². The maximum Gasteiger partial charge on any atom is 0.348 e. The zero-order valence-corrected chi connectivity index (χ0v) is 12.4. The van der Waals surface area contributed by atoms with Crippen LogP contribution < -0.4 is 4.74 Å². The van der Waals surface area contributed by atoms with E-state index in [1.807, 2.05) is 0 Å². The highest BCUT2D eigenvalue weighted by molar-refractivity contribution is 6.33. The molecule has 2 rings (SSSR count). The van der Waals surface area contributed by atoms with Crippen molar-refractivity contribution in [1.29, 1.82) is 0 Å². The molecule has 1 aromatic carbocycles. The summed E-state index contributed by atoms with van der Waals surface area (Å²) in [5.41, 5.74) is -0.157. The van der Waals surface area contributed by atoms with E-state index >= 15 is 0 Å². The van der Waals surface area contributed by atoms with Crippen molar-refractivity contribution in [3.05, 3.63) is 28.3 Å². The number of phenolic OH excluding ortho intramolecular Hbond substituents is 1. The molecule has 0 aliphatic carbocycles. The third-order valence-electron chi connectivity index (χ3n) is 2.75. The van der Waals surface area contributed by atoms with Crippen LogP contribution in [0.3, 0.4) is 0 Å². The summed E-state index contributed by atoms with van der Waals surface area (Å²) in [6.45, 7) is 2.89. The fraction of sp³-hybridized carbons (Fsp3) is 0.286. The van der Waals surface area contributed by atoms with E-state index in [4.69, 9.17) is 25.8 Å². The Morgan fingerprint density at radius 3 is 2.33 bits per heavy atom. The molecule has 1 saturated heterocycles. The van der Waals surface area contributed by atoms with Crippen LogP contribution in [0.15, 0.2) is 17.7 Å². The molecule has 1 aliphatic heterocycles. The van der Waals surface area contributed by atoms with Gasteiger partial charge in [-0.05, 0) is 18.2 Å². The van der Waals surface area contributed by atoms with Gasteiger partial charge in [-0.1, -0.05) is 11.6 Å². The van der Waals surface area contributed by atoms with Crippen molar-refractivity contribution < 1.29 is 28.9 Å². The summed E-state index contributed by atoms with van der Waals surface area (Å²) in [4.78, 5) is 23.6. The molecule has 0 aromatic heterocycles. The second-order valence-corrected chi connectivity index (χ2v) is 5.13. The van der Waals surface area contributed by atoms with Gasteiger partial charge in [-0.2, -0.15) is 0 Å². The summed E-state index contributed by atoms with van der Waals surface area (Å²) in [5, 5.41) is 9.93. The molecular weight excluding hydrogens is 300 g/mol. The van der Waals surface area contributed by atoms with Crippen LogP contribution in [-0.2, 0) is 19.1 Å². The van der Waals surface area contributed by atoms with Crippen LogP contribution in [-0.4, -0.2) is 29.9 Å². The summed E-state index contributed by atoms with van der Waals surface area (Å²) < 4.78 is 14.9. The molecule has 0 bridgehead atoms. The highest BCUT2D eigenvalue weighted by atomic mass is 35.5. The van der Waals surface area contributed by atoms with Crippen molar-refractivity contribution in [3.8, 4) is 11.5 Å². The lowest BCUT2D eigenvalue weighted by atomic mass is 10.1. The summed E-state index contributed by atoms with van der Waals surface area (Å²) >= 11 is 5.90. The molecule has 0 radical (unpaired) electrons. The second-order valence-electron chi connectivity index (χ2n) is 4.76. The number of cyclic esters (lactones) is 2. The molecule has 1 aliphatic rings. The van der Waals surface area contributed by atoms with E-state index in [1.165, 1.54) is 33.1 Å². The molecule has 0 atom stereocenters. The first kappa shape index (κ1) is 15.2. The van der Waals surface area contributed by atoms with E-state index in [0.29, 0.717) is 0 Å². The number of phenols is 1. The predicted molar refractivity (Wildman–Crippen MR) is 73.9 cm³/mol. The van der Waals surface area contributed by atoms with E-state index in [1.54, 1.807) is 0 Å². The number of halogens is 1. The Kier molecular flexibility index (Phi) is 3.82. The van der Waals surface area contributed by atoms with Crippen LogP contribution >= 0.6 is 11.6 Å². The van der Waals surface area contributed by atoms with E-state index in [0.717, 1.165) is 6.08 Å². The van der Waals surface area contributed by atoms with E-state index in [-0.39, 0.29) is 27.7 Å². The van der Waals surface area contributed by atoms with Gasteiger partial charge >= 0.3 is 11.9 Å². The Hall–Kier alpha value is -2.21. The molecule has 1 aromatic rings. The van der Waals surface area contributed by atoms with Gasteiger partial charge in [0.15, 0.2) is 0 Å². The molecule has 1 heterocycles. The highest BCUT2D eigenvalue weighted by Gasteiger charge is 2.39. The maximum absolute atomic E-state index is 11.8. The first-order valence-corrected chi connectivity index (χ1v) is 6.37. The normalized spacial score (nSPS) is 17.0. The van der Waals surface area contributed by atoms with Crippen LogP contribution in [0.4, 0.5) is 0 Å². The smallest absolute Gasteiger partial charge is 0.348 e. The standard InChI is InChI=1S/C14H13ClO6/c1-14(2)20-12(17)8(13(18)21-14)6-7-4-5-9(19-3)10(15)11(7)16/h4-6,16H,1-3H3. The molecule has 112 valence electrons. The van der Waals surface area contributed by atoms with Crippen molar-refractivity contribution in [3.63, 3.8) is 0 Å². The Morgan fingerprint density at radius 1 is 1.24 bits per heavy atom. The minimum absolute atomic E-state index is 0.0234. The van der Waals surface area contributed by atoms with Gasteiger partial charge in [-0.15, -0.1) is 0 Å². The molecule has 0 saturated carbocycles. The van der Waals surface area contributed by atoms with Crippen molar-refractivity contribution in [2.45, 2.75) is 19.6 Å². The molecule has 1 N–H and O–H groups in total. The number of aromatic hydroxyl groups is 1. The summed E-state index contributed by atoms with van der Waals surface area (Å²) in [6, 6.07) is 2.95. The topological polar surface area (TPSA) is 82.1 Å². The van der Waals surface area contributed by atoms with Crippen molar-refractivity contribution in [2.24, 2.45) is 0 Å². The molecule has 1 fully saturated rings.